The quantitative estimate of drug-likeness (QED) is 0.484. The van der Waals surface area contributed by atoms with Crippen molar-refractivity contribution in [1.82, 2.24) is 20.1 Å². The molecule has 2 amide bonds. The second-order valence-corrected chi connectivity index (χ2v) is 10.3. The Labute approximate surface area is 180 Å². The summed E-state index contributed by atoms with van der Waals surface area (Å²) in [7, 11) is 0. The van der Waals surface area contributed by atoms with Crippen molar-refractivity contribution in [2.45, 2.75) is 43.2 Å². The maximum Gasteiger partial charge on any atom is 0.255 e. The first-order valence-electron chi connectivity index (χ1n) is 9.50. The topological polar surface area (TPSA) is 109 Å². The SMILES string of the molecule is CCSc1nnc(NC(=O)CN2CCc3nc(NC(=O)C4CCCO4)sc3C2)s1. The average Bonchev–Trinajstić information content (AvgIpc) is 3.42. The Balaban J connectivity index is 1.29. The molecule has 0 spiro atoms. The lowest BCUT2D eigenvalue weighted by molar-refractivity contribution is -0.124. The van der Waals surface area contributed by atoms with Gasteiger partial charge in [0.1, 0.15) is 6.10 Å². The van der Waals surface area contributed by atoms with E-state index in [1.807, 2.05) is 6.92 Å². The number of nitrogens with zero attached hydrogens (tertiary/aromatic N) is 4. The lowest BCUT2D eigenvalue weighted by Crippen LogP contribution is -2.36. The molecule has 0 saturated carbocycles. The van der Waals surface area contributed by atoms with Crippen molar-refractivity contribution in [2.75, 3.05) is 36.1 Å². The zero-order valence-electron chi connectivity index (χ0n) is 16.0. The molecule has 29 heavy (non-hydrogen) atoms. The molecule has 0 radical (unpaired) electrons. The van der Waals surface area contributed by atoms with E-state index >= 15 is 0 Å². The van der Waals surface area contributed by atoms with Gasteiger partial charge in [-0.25, -0.2) is 4.98 Å². The third-order valence-electron chi connectivity index (χ3n) is 4.55. The third kappa shape index (κ3) is 5.31. The number of ether oxygens (including phenoxy) is 1. The van der Waals surface area contributed by atoms with Crippen LogP contribution in [-0.2, 0) is 27.3 Å². The van der Waals surface area contributed by atoms with Gasteiger partial charge in [-0.05, 0) is 18.6 Å². The van der Waals surface area contributed by atoms with Gasteiger partial charge in [-0.15, -0.1) is 21.5 Å². The first-order valence-corrected chi connectivity index (χ1v) is 12.1. The lowest BCUT2D eigenvalue weighted by Gasteiger charge is -2.24. The van der Waals surface area contributed by atoms with Crippen molar-refractivity contribution in [3.63, 3.8) is 0 Å². The third-order valence-corrected chi connectivity index (χ3v) is 7.40. The first-order chi connectivity index (χ1) is 14.1. The van der Waals surface area contributed by atoms with Crippen LogP contribution in [0, 0.1) is 0 Å². The van der Waals surface area contributed by atoms with Crippen LogP contribution in [0.1, 0.15) is 30.3 Å². The second kappa shape index (κ2) is 9.47. The lowest BCUT2D eigenvalue weighted by atomic mass is 10.2. The van der Waals surface area contributed by atoms with Crippen molar-refractivity contribution >= 4 is 56.5 Å². The molecule has 4 heterocycles. The fourth-order valence-corrected chi connectivity index (χ4v) is 5.93. The Hall–Kier alpha value is -1.60. The maximum atomic E-state index is 12.4. The predicted octanol–water partition coefficient (Wildman–Crippen LogP) is 2.22. The molecular weight excluding hydrogens is 432 g/mol. The molecule has 2 aromatic rings. The zero-order valence-corrected chi connectivity index (χ0v) is 18.4. The van der Waals surface area contributed by atoms with E-state index in [2.05, 4.69) is 30.7 Å². The van der Waals surface area contributed by atoms with E-state index in [1.54, 1.807) is 11.8 Å². The van der Waals surface area contributed by atoms with Crippen LogP contribution in [0.3, 0.4) is 0 Å². The summed E-state index contributed by atoms with van der Waals surface area (Å²) in [6.07, 6.45) is 2.06. The van der Waals surface area contributed by atoms with E-state index in [1.165, 1.54) is 22.7 Å². The van der Waals surface area contributed by atoms with Crippen LogP contribution in [-0.4, -0.2) is 63.4 Å². The van der Waals surface area contributed by atoms with Crippen LogP contribution >= 0.6 is 34.4 Å². The number of carbonyl (C=O) groups excluding carboxylic acids is 2. The molecule has 0 aromatic carbocycles. The molecule has 12 heteroatoms. The van der Waals surface area contributed by atoms with Crippen molar-refractivity contribution in [3.05, 3.63) is 10.6 Å². The normalized spacial score (nSPS) is 19.1. The van der Waals surface area contributed by atoms with E-state index in [-0.39, 0.29) is 24.5 Å². The van der Waals surface area contributed by atoms with Crippen LogP contribution < -0.4 is 10.6 Å². The largest absolute Gasteiger partial charge is 0.368 e. The van der Waals surface area contributed by atoms with Crippen LogP contribution in [0.4, 0.5) is 10.3 Å². The number of amides is 2. The van der Waals surface area contributed by atoms with Crippen molar-refractivity contribution in [2.24, 2.45) is 0 Å². The minimum atomic E-state index is -0.368. The Morgan fingerprint density at radius 1 is 1.28 bits per heavy atom. The Morgan fingerprint density at radius 3 is 2.97 bits per heavy atom. The molecule has 0 aliphatic carbocycles. The fraction of sp³-hybridized carbons (Fsp3) is 0.588. The summed E-state index contributed by atoms with van der Waals surface area (Å²) in [6, 6.07) is 0. The van der Waals surface area contributed by atoms with Gasteiger partial charge in [0, 0.05) is 31.0 Å². The second-order valence-electron chi connectivity index (χ2n) is 6.69. The number of anilines is 2. The molecule has 1 saturated heterocycles. The molecule has 2 aliphatic rings. The highest BCUT2D eigenvalue weighted by Gasteiger charge is 2.27. The summed E-state index contributed by atoms with van der Waals surface area (Å²) >= 11 is 4.46. The molecule has 9 nitrogen and oxygen atoms in total. The number of fused-ring (bicyclic) bond motifs is 1. The van der Waals surface area contributed by atoms with Gasteiger partial charge < -0.3 is 4.74 Å². The van der Waals surface area contributed by atoms with E-state index < -0.39 is 0 Å². The highest BCUT2D eigenvalue weighted by atomic mass is 32.2. The van der Waals surface area contributed by atoms with E-state index in [4.69, 9.17) is 4.74 Å². The molecule has 156 valence electrons. The van der Waals surface area contributed by atoms with Gasteiger partial charge in [-0.2, -0.15) is 0 Å². The number of hydrogen-bond donors (Lipinski definition) is 2. The molecule has 1 unspecified atom stereocenters. The standard InChI is InChI=1S/C17H22N6O3S3/c1-2-27-17-22-21-16(29-17)19-13(24)9-23-6-5-10-12(8-23)28-15(18-10)20-14(25)11-4-3-7-26-11/h11H,2-9H2,1H3,(H,18,20,25)(H,19,21,24). The summed E-state index contributed by atoms with van der Waals surface area (Å²) in [5.41, 5.74) is 1.000. The highest BCUT2D eigenvalue weighted by molar-refractivity contribution is 8.01. The van der Waals surface area contributed by atoms with E-state index in [0.29, 0.717) is 23.4 Å². The number of rotatable bonds is 7. The summed E-state index contributed by atoms with van der Waals surface area (Å²) in [4.78, 5) is 32.3. The average molecular weight is 455 g/mol. The Kier molecular flexibility index (Phi) is 6.75. The minimum absolute atomic E-state index is 0.103. The number of carbonyl (C=O) groups is 2. The Morgan fingerprint density at radius 2 is 2.17 bits per heavy atom. The summed E-state index contributed by atoms with van der Waals surface area (Å²) in [6.45, 7) is 4.36. The Bertz CT molecular complexity index is 880. The molecule has 1 fully saturated rings. The summed E-state index contributed by atoms with van der Waals surface area (Å²) in [5.74, 6) is 0.695. The van der Waals surface area contributed by atoms with Crippen LogP contribution in [0.25, 0.3) is 0 Å². The number of aromatic nitrogens is 3. The van der Waals surface area contributed by atoms with Crippen LogP contribution in [0.2, 0.25) is 0 Å². The molecule has 0 bridgehead atoms. The van der Waals surface area contributed by atoms with Gasteiger partial charge in [-0.3, -0.25) is 25.1 Å². The number of hydrogen-bond acceptors (Lipinski definition) is 10. The molecule has 2 aliphatic heterocycles. The first kappa shape index (κ1) is 20.7. The maximum absolute atomic E-state index is 12.4. The van der Waals surface area contributed by atoms with E-state index in [0.717, 1.165) is 46.5 Å². The molecule has 2 N–H and O–H groups in total. The van der Waals surface area contributed by atoms with E-state index in [9.17, 15) is 9.59 Å². The van der Waals surface area contributed by atoms with Gasteiger partial charge in [-0.1, -0.05) is 30.0 Å². The number of nitrogens with one attached hydrogen (secondary N) is 2. The number of thioether (sulfide) groups is 1. The van der Waals surface area contributed by atoms with Gasteiger partial charge in [0.05, 0.1) is 12.2 Å². The molecule has 4 rings (SSSR count). The zero-order chi connectivity index (χ0) is 20.2. The summed E-state index contributed by atoms with van der Waals surface area (Å²) in [5, 5.41) is 14.9. The monoisotopic (exact) mass is 454 g/mol. The number of thiazole rings is 1. The van der Waals surface area contributed by atoms with Crippen molar-refractivity contribution in [3.8, 4) is 0 Å². The molecular formula is C17H22N6O3S3. The summed E-state index contributed by atoms with van der Waals surface area (Å²) < 4.78 is 6.27. The van der Waals surface area contributed by atoms with Crippen molar-refractivity contribution in [1.29, 1.82) is 0 Å². The van der Waals surface area contributed by atoms with Crippen LogP contribution in [0.5, 0.6) is 0 Å². The van der Waals surface area contributed by atoms with Gasteiger partial charge in [0.25, 0.3) is 5.91 Å². The fourth-order valence-electron chi connectivity index (χ4n) is 3.21. The van der Waals surface area contributed by atoms with Gasteiger partial charge >= 0.3 is 0 Å². The smallest absolute Gasteiger partial charge is 0.255 e. The van der Waals surface area contributed by atoms with Crippen LogP contribution in [0.15, 0.2) is 4.34 Å². The van der Waals surface area contributed by atoms with Gasteiger partial charge in [0.15, 0.2) is 9.47 Å². The van der Waals surface area contributed by atoms with Crippen molar-refractivity contribution < 1.29 is 14.3 Å². The molecule has 1 atom stereocenters. The highest BCUT2D eigenvalue weighted by Crippen LogP contribution is 2.29. The predicted molar refractivity (Wildman–Crippen MR) is 114 cm³/mol. The van der Waals surface area contributed by atoms with Gasteiger partial charge in [0.2, 0.25) is 11.0 Å². The molecule has 2 aromatic heterocycles. The minimum Gasteiger partial charge on any atom is -0.368 e.